The second-order valence-electron chi connectivity index (χ2n) is 5.71. The molecule has 0 fully saturated rings. The summed E-state index contributed by atoms with van der Waals surface area (Å²) in [6.45, 7) is 5.03. The lowest BCUT2D eigenvalue weighted by Gasteiger charge is -2.33. The molecular formula is C14H20BrN3O. The Kier molecular flexibility index (Phi) is 3.99. The van der Waals surface area contributed by atoms with Crippen molar-refractivity contribution >= 4 is 27.5 Å². The van der Waals surface area contributed by atoms with Crippen molar-refractivity contribution in [1.82, 2.24) is 10.2 Å². The zero-order valence-electron chi connectivity index (χ0n) is 11.7. The summed E-state index contributed by atoms with van der Waals surface area (Å²) >= 11 is 3.52. The van der Waals surface area contributed by atoms with Gasteiger partial charge in [0.1, 0.15) is 6.04 Å². The van der Waals surface area contributed by atoms with Crippen LogP contribution >= 0.6 is 15.9 Å². The van der Waals surface area contributed by atoms with Crippen LogP contribution in [0, 0.1) is 0 Å². The molecule has 1 aliphatic heterocycles. The molecule has 1 aliphatic rings. The van der Waals surface area contributed by atoms with E-state index in [0.717, 1.165) is 22.3 Å². The zero-order valence-corrected chi connectivity index (χ0v) is 13.3. The highest BCUT2D eigenvalue weighted by Crippen LogP contribution is 2.36. The second kappa shape index (κ2) is 5.23. The maximum atomic E-state index is 12.1. The van der Waals surface area contributed by atoms with Gasteiger partial charge in [-0.05, 0) is 40.1 Å². The summed E-state index contributed by atoms with van der Waals surface area (Å²) in [4.78, 5) is 14.2. The van der Waals surface area contributed by atoms with Gasteiger partial charge in [-0.2, -0.15) is 0 Å². The van der Waals surface area contributed by atoms with Crippen LogP contribution < -0.4 is 10.6 Å². The van der Waals surface area contributed by atoms with E-state index in [-0.39, 0.29) is 17.5 Å². The molecule has 1 unspecified atom stereocenters. The number of rotatable bonds is 4. The molecule has 1 heterocycles. The van der Waals surface area contributed by atoms with Crippen molar-refractivity contribution in [3.63, 3.8) is 0 Å². The molecule has 1 aromatic carbocycles. The van der Waals surface area contributed by atoms with E-state index in [2.05, 4.69) is 45.3 Å². The molecule has 1 atom stereocenters. The predicted molar refractivity (Wildman–Crippen MR) is 81.3 cm³/mol. The van der Waals surface area contributed by atoms with Crippen LogP contribution in [-0.2, 0) is 4.79 Å². The summed E-state index contributed by atoms with van der Waals surface area (Å²) in [6.07, 6.45) is 0. The molecule has 0 saturated carbocycles. The number of hydrogen-bond acceptors (Lipinski definition) is 3. The average Bonchev–Trinajstić information content (AvgIpc) is 2.63. The molecule has 0 aliphatic carbocycles. The third-order valence-corrected chi connectivity index (χ3v) is 4.50. The van der Waals surface area contributed by atoms with Gasteiger partial charge in [-0.1, -0.05) is 22.0 Å². The fraction of sp³-hybridized carbons (Fsp3) is 0.500. The van der Waals surface area contributed by atoms with Gasteiger partial charge in [0, 0.05) is 27.8 Å². The van der Waals surface area contributed by atoms with Crippen LogP contribution in [0.4, 0.5) is 5.69 Å². The van der Waals surface area contributed by atoms with Gasteiger partial charge in [0.2, 0.25) is 5.91 Å². The molecule has 0 saturated heterocycles. The van der Waals surface area contributed by atoms with Gasteiger partial charge in [-0.3, -0.25) is 4.79 Å². The van der Waals surface area contributed by atoms with Crippen LogP contribution in [-0.4, -0.2) is 37.0 Å². The van der Waals surface area contributed by atoms with Crippen LogP contribution in [0.1, 0.15) is 25.5 Å². The number of fused-ring (bicyclic) bond motifs is 1. The second-order valence-corrected chi connectivity index (χ2v) is 6.57. The highest BCUT2D eigenvalue weighted by molar-refractivity contribution is 9.10. The molecule has 0 aromatic heterocycles. The molecule has 0 radical (unpaired) electrons. The minimum Gasteiger partial charge on any atom is -0.324 e. The fourth-order valence-corrected chi connectivity index (χ4v) is 2.58. The molecule has 0 bridgehead atoms. The van der Waals surface area contributed by atoms with Crippen molar-refractivity contribution in [3.05, 3.63) is 28.2 Å². The van der Waals surface area contributed by atoms with Crippen molar-refractivity contribution in [2.75, 3.05) is 26.0 Å². The Hall–Kier alpha value is -0.910. The van der Waals surface area contributed by atoms with E-state index in [0.29, 0.717) is 0 Å². The number of amides is 1. The molecule has 1 amide bonds. The summed E-state index contributed by atoms with van der Waals surface area (Å²) < 4.78 is 0.962. The number of anilines is 1. The number of nitrogens with one attached hydrogen (secondary N) is 2. The molecule has 19 heavy (non-hydrogen) atoms. The fourth-order valence-electron chi connectivity index (χ4n) is 1.98. The average molecular weight is 326 g/mol. The number of carbonyl (C=O) groups is 1. The van der Waals surface area contributed by atoms with E-state index in [4.69, 9.17) is 0 Å². The maximum Gasteiger partial charge on any atom is 0.246 e. The van der Waals surface area contributed by atoms with Crippen LogP contribution in [0.15, 0.2) is 22.7 Å². The SMILES string of the molecule is CN(C)C(C)(C)CNC1C(=O)Nc2cccc(Br)c21. The van der Waals surface area contributed by atoms with Gasteiger partial charge in [0.15, 0.2) is 0 Å². The van der Waals surface area contributed by atoms with Gasteiger partial charge >= 0.3 is 0 Å². The number of likely N-dealkylation sites (N-methyl/N-ethyl adjacent to an activating group) is 1. The van der Waals surface area contributed by atoms with Crippen molar-refractivity contribution in [2.45, 2.75) is 25.4 Å². The molecule has 2 N–H and O–H groups in total. The lowest BCUT2D eigenvalue weighted by atomic mass is 10.0. The number of halogens is 1. The first-order valence-electron chi connectivity index (χ1n) is 6.33. The highest BCUT2D eigenvalue weighted by Gasteiger charge is 2.33. The van der Waals surface area contributed by atoms with Crippen molar-refractivity contribution in [3.8, 4) is 0 Å². The van der Waals surface area contributed by atoms with Crippen LogP contribution in [0.2, 0.25) is 0 Å². The number of carbonyl (C=O) groups excluding carboxylic acids is 1. The van der Waals surface area contributed by atoms with E-state index in [1.165, 1.54) is 0 Å². The van der Waals surface area contributed by atoms with Crippen LogP contribution in [0.5, 0.6) is 0 Å². The highest BCUT2D eigenvalue weighted by atomic mass is 79.9. The molecule has 2 rings (SSSR count). The maximum absolute atomic E-state index is 12.1. The van der Waals surface area contributed by atoms with Crippen LogP contribution in [0.3, 0.4) is 0 Å². The van der Waals surface area contributed by atoms with Crippen molar-refractivity contribution < 1.29 is 4.79 Å². The quantitative estimate of drug-likeness (QED) is 0.893. The van der Waals surface area contributed by atoms with E-state index >= 15 is 0 Å². The Labute approximate surface area is 122 Å². The monoisotopic (exact) mass is 325 g/mol. The Balaban J connectivity index is 2.17. The zero-order chi connectivity index (χ0) is 14.2. The lowest BCUT2D eigenvalue weighted by molar-refractivity contribution is -0.117. The van der Waals surface area contributed by atoms with Crippen molar-refractivity contribution in [2.24, 2.45) is 0 Å². The van der Waals surface area contributed by atoms with E-state index < -0.39 is 0 Å². The molecule has 5 heteroatoms. The number of benzene rings is 1. The summed E-state index contributed by atoms with van der Waals surface area (Å²) in [5.41, 5.74) is 1.88. The summed E-state index contributed by atoms with van der Waals surface area (Å²) in [7, 11) is 4.08. The largest absolute Gasteiger partial charge is 0.324 e. The topological polar surface area (TPSA) is 44.4 Å². The minimum atomic E-state index is -0.287. The summed E-state index contributed by atoms with van der Waals surface area (Å²) in [5.74, 6) is 0.0106. The Bertz CT molecular complexity index is 499. The smallest absolute Gasteiger partial charge is 0.246 e. The normalized spacial score (nSPS) is 18.6. The first kappa shape index (κ1) is 14.5. The van der Waals surface area contributed by atoms with Gasteiger partial charge < -0.3 is 15.5 Å². The summed E-state index contributed by atoms with van der Waals surface area (Å²) in [5, 5.41) is 6.28. The third-order valence-electron chi connectivity index (χ3n) is 3.81. The standard InChI is InChI=1S/C14H20BrN3O/c1-14(2,18(3)4)8-16-12-11-9(15)6-5-7-10(11)17-13(12)19/h5-7,12,16H,8H2,1-4H3,(H,17,19). The Morgan fingerprint density at radius 2 is 2.11 bits per heavy atom. The van der Waals surface area contributed by atoms with Gasteiger partial charge in [0.05, 0.1) is 0 Å². The minimum absolute atomic E-state index is 0.00963. The number of nitrogens with zero attached hydrogens (tertiary/aromatic N) is 1. The van der Waals surface area contributed by atoms with Gasteiger partial charge in [0.25, 0.3) is 0 Å². The van der Waals surface area contributed by atoms with Crippen LogP contribution in [0.25, 0.3) is 0 Å². The molecule has 1 aromatic rings. The Morgan fingerprint density at radius 1 is 1.42 bits per heavy atom. The third kappa shape index (κ3) is 2.83. The van der Waals surface area contributed by atoms with E-state index in [1.54, 1.807) is 0 Å². The first-order chi connectivity index (χ1) is 8.83. The number of hydrogen-bond donors (Lipinski definition) is 2. The molecular weight excluding hydrogens is 306 g/mol. The van der Waals surface area contributed by atoms with E-state index in [1.807, 2.05) is 32.3 Å². The molecule has 4 nitrogen and oxygen atoms in total. The van der Waals surface area contributed by atoms with Gasteiger partial charge in [-0.25, -0.2) is 0 Å². The van der Waals surface area contributed by atoms with Crippen molar-refractivity contribution in [1.29, 1.82) is 0 Å². The lowest BCUT2D eigenvalue weighted by Crippen LogP contribution is -2.48. The Morgan fingerprint density at radius 3 is 2.74 bits per heavy atom. The first-order valence-corrected chi connectivity index (χ1v) is 7.12. The predicted octanol–water partition coefficient (Wildman–Crippen LogP) is 2.37. The van der Waals surface area contributed by atoms with E-state index in [9.17, 15) is 4.79 Å². The molecule has 104 valence electrons. The van der Waals surface area contributed by atoms with Gasteiger partial charge in [-0.15, -0.1) is 0 Å². The molecule has 0 spiro atoms. The summed E-state index contributed by atoms with van der Waals surface area (Å²) in [6, 6.07) is 5.53.